The van der Waals surface area contributed by atoms with E-state index in [0.717, 1.165) is 59.7 Å². The Bertz CT molecular complexity index is 2270. The molecule has 1 aliphatic carbocycles. The van der Waals surface area contributed by atoms with Crippen LogP contribution in [0.2, 0.25) is 0 Å². The van der Waals surface area contributed by atoms with Crippen LogP contribution in [0.3, 0.4) is 0 Å². The molecule has 6 aromatic rings. The van der Waals surface area contributed by atoms with Crippen molar-refractivity contribution in [1.29, 1.82) is 0 Å². The van der Waals surface area contributed by atoms with Crippen LogP contribution in [0.5, 0.6) is 0 Å². The Balaban J connectivity index is 0.000000196. The molecule has 0 saturated heterocycles. The Morgan fingerprint density at radius 1 is 0.655 bits per heavy atom. The maximum Gasteiger partial charge on any atom is 0.162 e. The largest absolute Gasteiger partial charge is 0.512 e. The predicted molar refractivity (Wildman–Crippen MR) is 241 cm³/mol. The van der Waals surface area contributed by atoms with Gasteiger partial charge < -0.3 is 15.1 Å². The van der Waals surface area contributed by atoms with Crippen LogP contribution in [0, 0.1) is 58.6 Å². The fourth-order valence-corrected chi connectivity index (χ4v) is 8.26. The predicted octanol–water partition coefficient (Wildman–Crippen LogP) is 14.5. The number of allylic oxidation sites excluding steroid dienone is 2. The zero-order chi connectivity index (χ0) is 41.1. The van der Waals surface area contributed by atoms with Gasteiger partial charge in [0.15, 0.2) is 5.78 Å². The number of aryl methyl sites for hydroxylation is 5. The Kier molecular flexibility index (Phi) is 17.6. The summed E-state index contributed by atoms with van der Waals surface area (Å²) in [7, 11) is 0. The van der Waals surface area contributed by atoms with Gasteiger partial charge in [0, 0.05) is 50.4 Å². The molecule has 4 nitrogen and oxygen atoms in total. The summed E-state index contributed by atoms with van der Waals surface area (Å²) in [6, 6.07) is 33.1. The number of hydrogen-bond acceptors (Lipinski definition) is 4. The third-order valence-corrected chi connectivity index (χ3v) is 11.4. The van der Waals surface area contributed by atoms with Crippen LogP contribution in [-0.4, -0.2) is 20.9 Å². The Morgan fingerprint density at radius 3 is 1.62 bits per heavy atom. The van der Waals surface area contributed by atoms with Crippen molar-refractivity contribution in [2.24, 2.45) is 11.8 Å². The van der Waals surface area contributed by atoms with Crippen molar-refractivity contribution in [3.8, 4) is 22.5 Å². The second-order valence-electron chi connectivity index (χ2n) is 16.0. The molecule has 0 aliphatic heterocycles. The molecular formula is C53H62IrN2O2-2. The fraction of sp³-hybridized carbons (Fsp3) is 0.377. The normalized spacial score (nSPS) is 12.9. The average molecular weight is 951 g/mol. The topological polar surface area (TPSA) is 63.1 Å². The minimum Gasteiger partial charge on any atom is -0.512 e. The molecule has 307 valence electrons. The van der Waals surface area contributed by atoms with Crippen molar-refractivity contribution >= 4 is 27.3 Å². The first-order chi connectivity index (χ1) is 27.4. The molecule has 1 fully saturated rings. The number of ketones is 1. The van der Waals surface area contributed by atoms with E-state index >= 15 is 0 Å². The number of benzene rings is 4. The van der Waals surface area contributed by atoms with Crippen molar-refractivity contribution in [1.82, 2.24) is 9.97 Å². The second kappa shape index (κ2) is 22.1. The standard InChI is InChI=1S/C22H22N.C18H16N.C13H24O2.Ir/c1-15-11-16(2)13-20(12-15)22-21-8-7-18(17-5-3-4-6-17)14-19(21)9-10-23-22;1-12-4-5-17-15(9-12)6-7-19-18(17)16-10-13(2)8-14(3)11-16;1-5-10(6-2)12(14)9-13(15)11(7-3)8-4;/h7-12,14,17H,3-6H2,1-2H3;4-10H,1-3H3;9-11,14H,5-8H2,1-4H3;/q2*-1;;/b;;12-9-;. The molecule has 0 unspecified atom stereocenters. The van der Waals surface area contributed by atoms with Gasteiger partial charge in [0.1, 0.15) is 0 Å². The van der Waals surface area contributed by atoms with E-state index in [-0.39, 0.29) is 43.5 Å². The van der Waals surface area contributed by atoms with E-state index in [1.807, 2.05) is 40.1 Å². The summed E-state index contributed by atoms with van der Waals surface area (Å²) in [5.74, 6) is 1.30. The monoisotopic (exact) mass is 951 g/mol. The van der Waals surface area contributed by atoms with Crippen LogP contribution >= 0.6 is 0 Å². The van der Waals surface area contributed by atoms with Gasteiger partial charge in [0.25, 0.3) is 0 Å². The molecule has 0 spiro atoms. The Labute approximate surface area is 362 Å². The molecule has 1 aliphatic rings. The number of aliphatic hydroxyl groups excluding tert-OH is 1. The van der Waals surface area contributed by atoms with Gasteiger partial charge in [-0.1, -0.05) is 110 Å². The van der Waals surface area contributed by atoms with Gasteiger partial charge in [0.05, 0.1) is 5.76 Å². The SMILES string of the molecule is CCC(CC)C(=O)/C=C(\O)C(CC)CC.Cc1[c-]c(-c2nccc3cc(C)ccc23)cc(C)c1.Cc1[c-]c(-c2nccc3cc(C4CCCC4)ccc23)cc(C)c1.[Ir]. The quantitative estimate of drug-likeness (QED) is 0.0844. The molecule has 1 saturated carbocycles. The van der Waals surface area contributed by atoms with Gasteiger partial charge in [-0.3, -0.25) is 4.79 Å². The molecule has 0 amide bonds. The maximum absolute atomic E-state index is 11.7. The van der Waals surface area contributed by atoms with Gasteiger partial charge in [-0.05, 0) is 102 Å². The second-order valence-corrected chi connectivity index (χ2v) is 16.0. The van der Waals surface area contributed by atoms with Crippen molar-refractivity contribution in [2.75, 3.05) is 0 Å². The van der Waals surface area contributed by atoms with Crippen LogP contribution in [-0.2, 0) is 24.9 Å². The number of carbonyl (C=O) groups excluding carboxylic acids is 1. The van der Waals surface area contributed by atoms with Gasteiger partial charge in [0.2, 0.25) is 0 Å². The van der Waals surface area contributed by atoms with E-state index in [4.69, 9.17) is 0 Å². The molecule has 2 heterocycles. The molecule has 0 atom stereocenters. The summed E-state index contributed by atoms with van der Waals surface area (Å²) >= 11 is 0. The molecule has 0 bridgehead atoms. The zero-order valence-electron chi connectivity index (χ0n) is 36.1. The van der Waals surface area contributed by atoms with Crippen molar-refractivity contribution in [2.45, 2.75) is 120 Å². The first kappa shape index (κ1) is 46.3. The van der Waals surface area contributed by atoms with E-state index in [1.54, 1.807) is 0 Å². The van der Waals surface area contributed by atoms with Crippen molar-refractivity contribution in [3.63, 3.8) is 0 Å². The minimum atomic E-state index is 0. The molecule has 1 radical (unpaired) electrons. The molecule has 5 heteroatoms. The molecule has 2 aromatic heterocycles. The van der Waals surface area contributed by atoms with Crippen LogP contribution in [0.25, 0.3) is 44.1 Å². The van der Waals surface area contributed by atoms with Crippen molar-refractivity contribution in [3.05, 3.63) is 143 Å². The number of aromatic nitrogens is 2. The minimum absolute atomic E-state index is 0. The van der Waals surface area contributed by atoms with Crippen molar-refractivity contribution < 1.29 is 30.0 Å². The third-order valence-electron chi connectivity index (χ3n) is 11.4. The fourth-order valence-electron chi connectivity index (χ4n) is 8.26. The first-order valence-corrected chi connectivity index (χ1v) is 21.1. The number of hydrogen-bond donors (Lipinski definition) is 1. The summed E-state index contributed by atoms with van der Waals surface area (Å²) in [6.45, 7) is 18.6. The summed E-state index contributed by atoms with van der Waals surface area (Å²) in [5.41, 5.74) is 11.8. The summed E-state index contributed by atoms with van der Waals surface area (Å²) < 4.78 is 0. The Hall–Kier alpha value is -4.44. The number of pyridine rings is 2. The van der Waals surface area contributed by atoms with Gasteiger partial charge in [-0.15, -0.1) is 69.8 Å². The van der Waals surface area contributed by atoms with Crippen LogP contribution < -0.4 is 0 Å². The Morgan fingerprint density at radius 2 is 1.14 bits per heavy atom. The van der Waals surface area contributed by atoms with Crippen LogP contribution in [0.4, 0.5) is 0 Å². The molecule has 7 rings (SSSR count). The summed E-state index contributed by atoms with van der Waals surface area (Å²) in [6.07, 6.45) is 14.2. The third kappa shape index (κ3) is 12.1. The smallest absolute Gasteiger partial charge is 0.162 e. The molecule has 58 heavy (non-hydrogen) atoms. The van der Waals surface area contributed by atoms with E-state index in [2.05, 4.69) is 130 Å². The molecule has 4 aromatic carbocycles. The molecular weight excluding hydrogens is 889 g/mol. The van der Waals surface area contributed by atoms with Gasteiger partial charge >= 0.3 is 0 Å². The molecule has 1 N–H and O–H groups in total. The average Bonchev–Trinajstić information content (AvgIpc) is 3.73. The number of rotatable bonds is 10. The number of aliphatic hydroxyl groups is 1. The van der Waals surface area contributed by atoms with Gasteiger partial charge in [-0.2, -0.15) is 0 Å². The van der Waals surface area contributed by atoms with E-state index in [1.165, 1.54) is 81.1 Å². The van der Waals surface area contributed by atoms with E-state index in [0.29, 0.717) is 0 Å². The summed E-state index contributed by atoms with van der Waals surface area (Å²) in [4.78, 5) is 20.9. The zero-order valence-corrected chi connectivity index (χ0v) is 38.5. The number of nitrogens with zero attached hydrogens (tertiary/aromatic N) is 2. The number of carbonyl (C=O) groups is 1. The van der Waals surface area contributed by atoms with E-state index in [9.17, 15) is 9.90 Å². The maximum atomic E-state index is 11.7. The van der Waals surface area contributed by atoms with Gasteiger partial charge in [-0.25, -0.2) is 0 Å². The van der Waals surface area contributed by atoms with Crippen LogP contribution in [0.15, 0.2) is 97.0 Å². The number of fused-ring (bicyclic) bond motifs is 2. The summed E-state index contributed by atoms with van der Waals surface area (Å²) in [5, 5.41) is 14.7. The first-order valence-electron chi connectivity index (χ1n) is 21.1. The van der Waals surface area contributed by atoms with Crippen LogP contribution in [0.1, 0.15) is 118 Å². The van der Waals surface area contributed by atoms with E-state index < -0.39 is 0 Å².